The minimum Gasteiger partial charge on any atom is -0.469 e. The zero-order valence-electron chi connectivity index (χ0n) is 18.6. The van der Waals surface area contributed by atoms with Crippen LogP contribution in [-0.4, -0.2) is 46.5 Å². The number of alkyl halides is 2. The standard InChI is InChI=1S/C23H26F2N4O5/c1-14(28-19(30)9-15-11-23(24,25)12-15)21(32)29-18(10-17-6-4-8-34-17)20(31)22(33)27-13-16-5-2-3-7-26-16/h2-8,14-15,18H,9-13H2,1H3,(H,27,33)(H,28,30)(H,29,32)/t14-,18-/m1/s1. The van der Waals surface area contributed by atoms with Crippen molar-refractivity contribution in [1.82, 2.24) is 20.9 Å². The number of Topliss-reactive ketones (excluding diaryl/α,β-unsaturated/α-hetero) is 1. The Morgan fingerprint density at radius 2 is 1.91 bits per heavy atom. The fourth-order valence-electron chi connectivity index (χ4n) is 3.61. The van der Waals surface area contributed by atoms with Gasteiger partial charge in [0.05, 0.1) is 18.5 Å². The maximum Gasteiger partial charge on any atom is 0.289 e. The normalized spacial score (nSPS) is 16.6. The highest BCUT2D eigenvalue weighted by Crippen LogP contribution is 2.43. The number of ketones is 1. The maximum atomic E-state index is 12.9. The fraction of sp³-hybridized carbons (Fsp3) is 0.435. The summed E-state index contributed by atoms with van der Waals surface area (Å²) in [5.41, 5.74) is 0.552. The summed E-state index contributed by atoms with van der Waals surface area (Å²) < 4.78 is 31.1. The van der Waals surface area contributed by atoms with E-state index in [1.807, 2.05) is 0 Å². The highest BCUT2D eigenvalue weighted by molar-refractivity contribution is 6.38. The summed E-state index contributed by atoms with van der Waals surface area (Å²) in [7, 11) is 0. The maximum absolute atomic E-state index is 12.9. The average Bonchev–Trinajstić information content (AvgIpc) is 3.29. The van der Waals surface area contributed by atoms with Crippen LogP contribution in [0.25, 0.3) is 0 Å². The summed E-state index contributed by atoms with van der Waals surface area (Å²) in [5.74, 6) is -5.83. The van der Waals surface area contributed by atoms with E-state index in [-0.39, 0.29) is 32.2 Å². The predicted octanol–water partition coefficient (Wildman–Crippen LogP) is 1.53. The van der Waals surface area contributed by atoms with Crippen LogP contribution in [0.4, 0.5) is 8.78 Å². The number of hydrogen-bond donors (Lipinski definition) is 3. The number of nitrogens with zero attached hydrogens (tertiary/aromatic N) is 1. The molecule has 0 bridgehead atoms. The number of aromatic nitrogens is 1. The van der Waals surface area contributed by atoms with Crippen molar-refractivity contribution in [1.29, 1.82) is 0 Å². The molecular formula is C23H26F2N4O5. The Balaban J connectivity index is 1.56. The summed E-state index contributed by atoms with van der Waals surface area (Å²) in [4.78, 5) is 54.0. The van der Waals surface area contributed by atoms with E-state index >= 15 is 0 Å². The Morgan fingerprint density at radius 1 is 1.15 bits per heavy atom. The number of hydrogen-bond acceptors (Lipinski definition) is 6. The Labute approximate surface area is 194 Å². The third-order valence-corrected chi connectivity index (χ3v) is 5.42. The third kappa shape index (κ3) is 7.19. The molecule has 3 amide bonds. The molecule has 1 saturated carbocycles. The number of furan rings is 1. The van der Waals surface area contributed by atoms with Gasteiger partial charge in [-0.1, -0.05) is 6.07 Å². The van der Waals surface area contributed by atoms with Crippen molar-refractivity contribution in [2.24, 2.45) is 5.92 Å². The number of carbonyl (C=O) groups is 4. The Kier molecular flexibility index (Phi) is 8.08. The molecule has 2 atom stereocenters. The fourth-order valence-corrected chi connectivity index (χ4v) is 3.61. The summed E-state index contributed by atoms with van der Waals surface area (Å²) in [5, 5.41) is 7.39. The second kappa shape index (κ2) is 11.0. The Bertz CT molecular complexity index is 1010. The van der Waals surface area contributed by atoms with E-state index in [2.05, 4.69) is 20.9 Å². The molecule has 0 radical (unpaired) electrons. The van der Waals surface area contributed by atoms with E-state index in [1.165, 1.54) is 13.2 Å². The molecular weight excluding hydrogens is 450 g/mol. The lowest BCUT2D eigenvalue weighted by molar-refractivity contribution is -0.141. The number of nitrogens with one attached hydrogen (secondary N) is 3. The second-order valence-electron chi connectivity index (χ2n) is 8.34. The van der Waals surface area contributed by atoms with Gasteiger partial charge in [-0.15, -0.1) is 0 Å². The summed E-state index contributed by atoms with van der Waals surface area (Å²) in [6.07, 6.45) is 2.05. The van der Waals surface area contributed by atoms with Gasteiger partial charge in [-0.25, -0.2) is 8.78 Å². The minimum atomic E-state index is -2.73. The zero-order valence-corrected chi connectivity index (χ0v) is 18.6. The van der Waals surface area contributed by atoms with Crippen molar-refractivity contribution in [3.63, 3.8) is 0 Å². The zero-order chi connectivity index (χ0) is 24.7. The number of rotatable bonds is 11. The van der Waals surface area contributed by atoms with Gasteiger partial charge in [-0.3, -0.25) is 24.2 Å². The Morgan fingerprint density at radius 3 is 2.53 bits per heavy atom. The molecule has 0 aromatic carbocycles. The molecule has 2 aromatic heterocycles. The molecule has 9 nitrogen and oxygen atoms in total. The van der Waals surface area contributed by atoms with Crippen LogP contribution in [0.2, 0.25) is 0 Å². The lowest BCUT2D eigenvalue weighted by atomic mass is 9.79. The molecule has 0 saturated heterocycles. The van der Waals surface area contributed by atoms with E-state index in [1.54, 1.807) is 36.5 Å². The number of amides is 3. The Hall–Kier alpha value is -3.63. The quantitative estimate of drug-likeness (QED) is 0.422. The van der Waals surface area contributed by atoms with Crippen LogP contribution in [0.15, 0.2) is 47.2 Å². The highest BCUT2D eigenvalue weighted by Gasteiger charge is 2.45. The molecule has 0 aliphatic heterocycles. The molecule has 2 heterocycles. The third-order valence-electron chi connectivity index (χ3n) is 5.42. The van der Waals surface area contributed by atoms with Gasteiger partial charge < -0.3 is 20.4 Å². The van der Waals surface area contributed by atoms with Gasteiger partial charge in [0.25, 0.3) is 5.91 Å². The molecule has 3 rings (SSSR count). The van der Waals surface area contributed by atoms with Gasteiger partial charge in [0.1, 0.15) is 17.8 Å². The van der Waals surface area contributed by atoms with E-state index in [0.717, 1.165) is 0 Å². The molecule has 182 valence electrons. The first-order valence-corrected chi connectivity index (χ1v) is 10.8. The van der Waals surface area contributed by atoms with E-state index in [4.69, 9.17) is 4.42 Å². The van der Waals surface area contributed by atoms with Crippen molar-refractivity contribution in [2.75, 3.05) is 0 Å². The van der Waals surface area contributed by atoms with Gasteiger partial charge in [0.15, 0.2) is 0 Å². The SMILES string of the molecule is C[C@@H](NC(=O)CC1CC(F)(F)C1)C(=O)N[C@H](Cc1ccco1)C(=O)C(=O)NCc1ccccn1. The van der Waals surface area contributed by atoms with Crippen LogP contribution in [0.1, 0.15) is 37.6 Å². The number of halogens is 2. The highest BCUT2D eigenvalue weighted by atomic mass is 19.3. The van der Waals surface area contributed by atoms with Gasteiger partial charge in [-0.2, -0.15) is 0 Å². The van der Waals surface area contributed by atoms with Gasteiger partial charge in [-0.05, 0) is 37.1 Å². The minimum absolute atomic E-state index is 0.0273. The largest absolute Gasteiger partial charge is 0.469 e. The van der Waals surface area contributed by atoms with E-state index in [9.17, 15) is 28.0 Å². The van der Waals surface area contributed by atoms with Crippen molar-refractivity contribution >= 4 is 23.5 Å². The van der Waals surface area contributed by atoms with Crippen LogP contribution in [0.3, 0.4) is 0 Å². The van der Waals surface area contributed by atoms with Crippen molar-refractivity contribution in [2.45, 2.75) is 57.2 Å². The number of carbonyl (C=O) groups excluding carboxylic acids is 4. The number of pyridine rings is 1. The van der Waals surface area contributed by atoms with Crippen LogP contribution in [0, 0.1) is 5.92 Å². The summed E-state index contributed by atoms with van der Waals surface area (Å²) >= 11 is 0. The smallest absolute Gasteiger partial charge is 0.289 e. The summed E-state index contributed by atoms with van der Waals surface area (Å²) in [6.45, 7) is 1.43. The molecule has 1 aliphatic carbocycles. The first-order chi connectivity index (χ1) is 16.1. The second-order valence-corrected chi connectivity index (χ2v) is 8.34. The van der Waals surface area contributed by atoms with Crippen LogP contribution < -0.4 is 16.0 Å². The summed E-state index contributed by atoms with van der Waals surface area (Å²) in [6, 6.07) is 6.05. The van der Waals surface area contributed by atoms with Gasteiger partial charge in [0.2, 0.25) is 23.5 Å². The lowest BCUT2D eigenvalue weighted by Crippen LogP contribution is -2.54. The molecule has 2 aromatic rings. The van der Waals surface area contributed by atoms with Crippen LogP contribution in [-0.2, 0) is 32.1 Å². The van der Waals surface area contributed by atoms with E-state index < -0.39 is 47.4 Å². The van der Waals surface area contributed by atoms with Crippen molar-refractivity contribution in [3.8, 4) is 0 Å². The molecule has 0 unspecified atom stereocenters. The molecule has 1 aliphatic rings. The first kappa shape index (κ1) is 25.0. The first-order valence-electron chi connectivity index (χ1n) is 10.8. The molecule has 34 heavy (non-hydrogen) atoms. The van der Waals surface area contributed by atoms with Crippen molar-refractivity contribution in [3.05, 3.63) is 54.2 Å². The molecule has 11 heteroatoms. The van der Waals surface area contributed by atoms with Gasteiger partial charge in [0, 0.05) is 31.9 Å². The lowest BCUT2D eigenvalue weighted by Gasteiger charge is -2.34. The molecule has 3 N–H and O–H groups in total. The molecule has 0 spiro atoms. The van der Waals surface area contributed by atoms with Crippen molar-refractivity contribution < 1.29 is 32.4 Å². The average molecular weight is 476 g/mol. The van der Waals surface area contributed by atoms with E-state index in [0.29, 0.717) is 11.5 Å². The topological polar surface area (TPSA) is 130 Å². The van der Waals surface area contributed by atoms with Crippen LogP contribution >= 0.6 is 0 Å². The molecule has 1 fully saturated rings. The van der Waals surface area contributed by atoms with Crippen LogP contribution in [0.5, 0.6) is 0 Å². The van der Waals surface area contributed by atoms with Gasteiger partial charge >= 0.3 is 0 Å². The monoisotopic (exact) mass is 476 g/mol. The predicted molar refractivity (Wildman–Crippen MR) is 115 cm³/mol.